The van der Waals surface area contributed by atoms with Crippen LogP contribution in [-0.2, 0) is 9.59 Å². The van der Waals surface area contributed by atoms with E-state index in [4.69, 9.17) is 9.47 Å². The molecule has 3 aliphatic heterocycles. The van der Waals surface area contributed by atoms with Crippen LogP contribution in [0.1, 0.15) is 19.4 Å². The van der Waals surface area contributed by atoms with Crippen LogP contribution in [0.3, 0.4) is 0 Å². The minimum absolute atomic E-state index is 0. The van der Waals surface area contributed by atoms with Crippen molar-refractivity contribution in [1.82, 2.24) is 15.5 Å². The monoisotopic (exact) mass is 427 g/mol. The van der Waals surface area contributed by atoms with Crippen molar-refractivity contribution in [3.63, 3.8) is 0 Å². The molecule has 1 aromatic rings. The topological polar surface area (TPSA) is 120 Å². The minimum Gasteiger partial charge on any atom is -0.548 e. The molecule has 29 heavy (non-hydrogen) atoms. The number of urea groups is 1. The van der Waals surface area contributed by atoms with Gasteiger partial charge in [-0.3, -0.25) is 4.79 Å². The van der Waals surface area contributed by atoms with Crippen molar-refractivity contribution in [2.75, 3.05) is 6.79 Å². The van der Waals surface area contributed by atoms with Crippen molar-refractivity contribution in [2.24, 2.45) is 0 Å². The van der Waals surface area contributed by atoms with Gasteiger partial charge in [-0.1, -0.05) is 6.07 Å². The quantitative estimate of drug-likeness (QED) is 0.385. The van der Waals surface area contributed by atoms with Crippen molar-refractivity contribution in [3.8, 4) is 11.5 Å². The number of nitrogens with zero attached hydrogens (tertiary/aromatic N) is 1. The molecule has 1 aromatic carbocycles. The number of aliphatic carboxylic acids is 1. The standard InChI is InChI=1S/C18H19N3O6S.Na/c1-18(2)13(16(23)24)21-14(22)12(15(21)28-18)20-17(25)19-6-5-9-3-4-10-11(7-9)27-8-26-10;/h3-7,12-13,15H,8H2,1-2H3,(H,23,24)(H2,19,20,25);/q;+1/p-1/b6-5+;/t12?,13-,15?;/m0./s1. The van der Waals surface area contributed by atoms with Gasteiger partial charge < -0.3 is 34.9 Å². The number of carboxylic acids is 1. The summed E-state index contributed by atoms with van der Waals surface area (Å²) in [7, 11) is 0. The Bertz CT molecular complexity index is 892. The molecule has 0 saturated carbocycles. The van der Waals surface area contributed by atoms with E-state index in [1.54, 1.807) is 32.1 Å². The van der Waals surface area contributed by atoms with Gasteiger partial charge in [-0.2, -0.15) is 0 Å². The zero-order valence-corrected chi connectivity index (χ0v) is 18.9. The number of carboxylic acid groups (broad SMARTS) is 1. The first-order valence-corrected chi connectivity index (χ1v) is 9.50. The normalized spacial score (nSPS) is 25.8. The summed E-state index contributed by atoms with van der Waals surface area (Å²) >= 11 is 1.34. The van der Waals surface area contributed by atoms with Gasteiger partial charge in [0.2, 0.25) is 12.7 Å². The van der Waals surface area contributed by atoms with Crippen LogP contribution >= 0.6 is 11.8 Å². The van der Waals surface area contributed by atoms with Gasteiger partial charge in [0.15, 0.2) is 11.5 Å². The summed E-state index contributed by atoms with van der Waals surface area (Å²) < 4.78 is 9.84. The Labute approximate surface area is 193 Å². The van der Waals surface area contributed by atoms with E-state index in [0.717, 1.165) is 5.56 Å². The van der Waals surface area contributed by atoms with Crippen LogP contribution in [0.4, 0.5) is 4.79 Å². The number of amides is 3. The predicted octanol–water partition coefficient (Wildman–Crippen LogP) is -3.13. The van der Waals surface area contributed by atoms with Gasteiger partial charge in [-0.05, 0) is 37.6 Å². The Kier molecular flexibility index (Phi) is 6.09. The van der Waals surface area contributed by atoms with Crippen LogP contribution in [0.5, 0.6) is 11.5 Å². The van der Waals surface area contributed by atoms with Crippen LogP contribution < -0.4 is 54.8 Å². The third-order valence-corrected chi connectivity index (χ3v) is 6.41. The average molecular weight is 427 g/mol. The van der Waals surface area contributed by atoms with Crippen LogP contribution in [-0.4, -0.2) is 51.8 Å². The van der Waals surface area contributed by atoms with Crippen molar-refractivity contribution in [3.05, 3.63) is 30.0 Å². The van der Waals surface area contributed by atoms with E-state index < -0.39 is 40.1 Å². The molecule has 2 fully saturated rings. The number of benzene rings is 1. The number of rotatable bonds is 4. The molecule has 2 N–H and O–H groups in total. The van der Waals surface area contributed by atoms with Gasteiger partial charge in [-0.15, -0.1) is 11.8 Å². The zero-order chi connectivity index (χ0) is 20.1. The minimum atomic E-state index is -1.29. The molecule has 2 saturated heterocycles. The fourth-order valence-corrected chi connectivity index (χ4v) is 5.16. The Morgan fingerprint density at radius 2 is 2.03 bits per heavy atom. The van der Waals surface area contributed by atoms with E-state index in [9.17, 15) is 19.5 Å². The number of fused-ring (bicyclic) bond motifs is 2. The van der Waals surface area contributed by atoms with E-state index in [1.807, 2.05) is 6.07 Å². The van der Waals surface area contributed by atoms with Gasteiger partial charge in [0.1, 0.15) is 11.4 Å². The predicted molar refractivity (Wildman–Crippen MR) is 98.2 cm³/mol. The summed E-state index contributed by atoms with van der Waals surface area (Å²) in [4.78, 5) is 37.1. The summed E-state index contributed by atoms with van der Waals surface area (Å²) in [5.74, 6) is -0.409. The molecule has 3 heterocycles. The average Bonchev–Trinajstić information content (AvgIpc) is 3.19. The number of thioether (sulfide) groups is 1. The van der Waals surface area contributed by atoms with E-state index >= 15 is 0 Å². The first-order chi connectivity index (χ1) is 13.3. The summed E-state index contributed by atoms with van der Waals surface area (Å²) in [5, 5.41) is 16.1. The van der Waals surface area contributed by atoms with Gasteiger partial charge in [-0.25, -0.2) is 4.79 Å². The maximum absolute atomic E-state index is 12.3. The molecule has 3 aliphatic rings. The molecule has 4 rings (SSSR count). The number of nitrogens with one attached hydrogen (secondary N) is 2. The Balaban J connectivity index is 0.00000240. The Morgan fingerprint density at radius 1 is 1.31 bits per heavy atom. The number of hydrogen-bond donors (Lipinski definition) is 2. The molecule has 0 radical (unpaired) electrons. The van der Waals surface area contributed by atoms with Gasteiger partial charge in [0.25, 0.3) is 0 Å². The molecule has 148 valence electrons. The number of β-lactam (4-membered cyclic amide) rings is 1. The molecule has 9 nitrogen and oxygen atoms in total. The van der Waals surface area contributed by atoms with Gasteiger partial charge in [0.05, 0.1) is 12.0 Å². The zero-order valence-electron chi connectivity index (χ0n) is 16.1. The molecule has 0 bridgehead atoms. The first-order valence-electron chi connectivity index (χ1n) is 8.62. The number of ether oxygens (including phenoxy) is 2. The largest absolute Gasteiger partial charge is 1.00 e. The van der Waals surface area contributed by atoms with E-state index in [0.29, 0.717) is 11.5 Å². The second-order valence-corrected chi connectivity index (χ2v) is 8.89. The third-order valence-electron chi connectivity index (χ3n) is 4.84. The second-order valence-electron chi connectivity index (χ2n) is 7.12. The fourth-order valence-electron chi connectivity index (χ4n) is 3.54. The smallest absolute Gasteiger partial charge is 0.548 e. The van der Waals surface area contributed by atoms with Crippen molar-refractivity contribution in [1.29, 1.82) is 0 Å². The Morgan fingerprint density at radius 3 is 2.76 bits per heavy atom. The van der Waals surface area contributed by atoms with Crippen LogP contribution in [0, 0.1) is 0 Å². The summed E-state index contributed by atoms with van der Waals surface area (Å²) in [6.07, 6.45) is 3.12. The summed E-state index contributed by atoms with van der Waals surface area (Å²) in [6.45, 7) is 3.67. The van der Waals surface area contributed by atoms with Gasteiger partial charge >= 0.3 is 35.6 Å². The molecule has 3 amide bonds. The molecular weight excluding hydrogens is 409 g/mol. The van der Waals surface area contributed by atoms with Crippen LogP contribution in [0.25, 0.3) is 6.08 Å². The van der Waals surface area contributed by atoms with E-state index in [-0.39, 0.29) is 36.4 Å². The van der Waals surface area contributed by atoms with Crippen molar-refractivity contribution in [2.45, 2.75) is 36.1 Å². The molecule has 0 aliphatic carbocycles. The maximum Gasteiger partial charge on any atom is 1.00 e. The molecule has 3 atom stereocenters. The van der Waals surface area contributed by atoms with E-state index in [2.05, 4.69) is 10.6 Å². The third kappa shape index (κ3) is 3.94. The number of carbonyl (C=O) groups excluding carboxylic acids is 3. The fraction of sp³-hybridized carbons (Fsp3) is 0.389. The molecule has 0 aromatic heterocycles. The number of carbonyl (C=O) groups is 3. The molecule has 11 heteroatoms. The molecule has 0 spiro atoms. The van der Waals surface area contributed by atoms with E-state index in [1.165, 1.54) is 22.9 Å². The van der Waals surface area contributed by atoms with Crippen LogP contribution in [0.2, 0.25) is 0 Å². The molecular formula is C18H18N3NaO6S. The van der Waals surface area contributed by atoms with Crippen LogP contribution in [0.15, 0.2) is 24.4 Å². The van der Waals surface area contributed by atoms with Gasteiger partial charge in [0, 0.05) is 10.9 Å². The number of hydrogen-bond acceptors (Lipinski definition) is 7. The second kappa shape index (κ2) is 8.10. The summed E-state index contributed by atoms with van der Waals surface area (Å²) in [5.41, 5.74) is 0.806. The first kappa shape index (κ1) is 21.8. The SMILES string of the molecule is CC1(C)SC2C(NC(=O)N/C=C/c3ccc4c(c3)OCO4)C(=O)N2[C@H]1C(=O)[O-].[Na+]. The van der Waals surface area contributed by atoms with Crippen molar-refractivity contribution < 1.29 is 58.5 Å². The summed E-state index contributed by atoms with van der Waals surface area (Å²) in [6, 6.07) is 3.04. The maximum atomic E-state index is 12.3. The van der Waals surface area contributed by atoms with Crippen molar-refractivity contribution >= 4 is 35.7 Å². The Hall–Kier alpha value is -1.88. The molecule has 2 unspecified atom stereocenters.